The summed E-state index contributed by atoms with van der Waals surface area (Å²) in [5.41, 5.74) is -0.726. The Morgan fingerprint density at radius 3 is 3.06 bits per heavy atom. The van der Waals surface area contributed by atoms with E-state index in [1.807, 2.05) is 19.9 Å². The number of nitrogens with zero attached hydrogens (tertiary/aromatic N) is 1. The summed E-state index contributed by atoms with van der Waals surface area (Å²) in [6, 6.07) is 0.107. The van der Waals surface area contributed by atoms with E-state index in [2.05, 4.69) is 0 Å². The summed E-state index contributed by atoms with van der Waals surface area (Å²) >= 11 is 0. The van der Waals surface area contributed by atoms with Crippen molar-refractivity contribution < 1.29 is 19.4 Å². The maximum absolute atomic E-state index is 12.4. The molecule has 0 N–H and O–H groups in total. The molecule has 0 radical (unpaired) electrons. The monoisotopic (exact) mass is 250 g/mol. The lowest BCUT2D eigenvalue weighted by Gasteiger charge is -2.26. The van der Waals surface area contributed by atoms with E-state index in [0.29, 0.717) is 6.54 Å². The van der Waals surface area contributed by atoms with Crippen molar-refractivity contribution in [2.24, 2.45) is 11.8 Å². The van der Waals surface area contributed by atoms with Crippen LogP contribution in [-0.4, -0.2) is 41.1 Å². The van der Waals surface area contributed by atoms with Crippen molar-refractivity contribution in [2.75, 3.05) is 6.54 Å². The first-order valence-electron chi connectivity index (χ1n) is 6.38. The first-order chi connectivity index (χ1) is 8.50. The zero-order valence-electron chi connectivity index (χ0n) is 10.5. The highest BCUT2D eigenvalue weighted by molar-refractivity contribution is 5.90. The van der Waals surface area contributed by atoms with Gasteiger partial charge in [-0.05, 0) is 13.3 Å². The fourth-order valence-corrected chi connectivity index (χ4v) is 3.39. The molecule has 0 unspecified atom stereocenters. The molecule has 0 saturated carbocycles. The third-order valence-electron chi connectivity index (χ3n) is 4.52. The Bertz CT molecular complexity index is 446. The van der Waals surface area contributed by atoms with Crippen LogP contribution in [0.4, 0.5) is 0 Å². The average Bonchev–Trinajstić information content (AvgIpc) is 2.96. The number of ether oxygens (including phenoxy) is 1. The molecule has 3 aliphatic rings. The van der Waals surface area contributed by atoms with Crippen molar-refractivity contribution in [3.05, 3.63) is 12.2 Å². The van der Waals surface area contributed by atoms with Crippen LogP contribution in [0, 0.1) is 11.8 Å². The summed E-state index contributed by atoms with van der Waals surface area (Å²) in [5, 5.41) is 11.2. The van der Waals surface area contributed by atoms with Gasteiger partial charge in [-0.1, -0.05) is 19.1 Å². The Hall–Kier alpha value is -1.36. The molecule has 18 heavy (non-hydrogen) atoms. The molecule has 0 aromatic rings. The third-order valence-corrected chi connectivity index (χ3v) is 4.52. The normalized spacial score (nSPS) is 42.4. The lowest BCUT2D eigenvalue weighted by atomic mass is 9.77. The number of rotatable bonds is 3. The number of hydrogen-bond donors (Lipinski definition) is 0. The van der Waals surface area contributed by atoms with Crippen molar-refractivity contribution >= 4 is 11.9 Å². The number of carbonyl (C=O) groups excluding carboxylic acids is 2. The van der Waals surface area contributed by atoms with Gasteiger partial charge in [-0.25, -0.2) is 0 Å². The Labute approximate surface area is 105 Å². The second-order valence-corrected chi connectivity index (χ2v) is 5.44. The van der Waals surface area contributed by atoms with Gasteiger partial charge in [0.15, 0.2) is 0 Å². The molecule has 5 nitrogen and oxygen atoms in total. The number of aliphatic carboxylic acids is 1. The lowest BCUT2D eigenvalue weighted by molar-refractivity contribution is -0.313. The Morgan fingerprint density at radius 1 is 1.72 bits per heavy atom. The molecule has 5 heteroatoms. The van der Waals surface area contributed by atoms with Crippen LogP contribution in [0.5, 0.6) is 0 Å². The molecule has 3 heterocycles. The summed E-state index contributed by atoms with van der Waals surface area (Å²) in [6.07, 6.45) is 3.97. The average molecular weight is 250 g/mol. The van der Waals surface area contributed by atoms with Gasteiger partial charge in [-0.15, -0.1) is 0 Å². The maximum atomic E-state index is 12.4. The molecule has 5 atom stereocenters. The molecule has 98 valence electrons. The SMILES string of the molecule is CC[C@H](C)N1C[C@]23C=C[C@H](O2)[C@H](C(=O)[O-])[C@@H]3C1=O. The summed E-state index contributed by atoms with van der Waals surface area (Å²) in [5.74, 6) is -2.73. The molecule has 0 aliphatic carbocycles. The number of carbonyl (C=O) groups is 2. The van der Waals surface area contributed by atoms with Gasteiger partial charge in [0.05, 0.1) is 18.6 Å². The standard InChI is InChI=1S/C13H17NO4/c1-3-7(2)14-6-13-5-4-8(18-13)9(12(16)17)10(13)11(14)15/h4-5,7-10H,3,6H2,1-2H3,(H,16,17)/p-1/t7-,8-,9-,10+,13-/m0/s1. The van der Waals surface area contributed by atoms with Gasteiger partial charge < -0.3 is 19.5 Å². The summed E-state index contributed by atoms with van der Waals surface area (Å²) in [4.78, 5) is 25.4. The van der Waals surface area contributed by atoms with E-state index in [9.17, 15) is 14.7 Å². The zero-order valence-corrected chi connectivity index (χ0v) is 10.5. The van der Waals surface area contributed by atoms with Crippen LogP contribution < -0.4 is 5.11 Å². The van der Waals surface area contributed by atoms with Crippen LogP contribution in [0.25, 0.3) is 0 Å². The topological polar surface area (TPSA) is 69.7 Å². The van der Waals surface area contributed by atoms with E-state index in [1.54, 1.807) is 11.0 Å². The minimum atomic E-state index is -1.18. The molecule has 1 amide bonds. The van der Waals surface area contributed by atoms with Crippen molar-refractivity contribution in [3.8, 4) is 0 Å². The fourth-order valence-electron chi connectivity index (χ4n) is 3.39. The van der Waals surface area contributed by atoms with Crippen molar-refractivity contribution in [1.82, 2.24) is 4.90 Å². The highest BCUT2D eigenvalue weighted by Crippen LogP contribution is 2.52. The predicted octanol–water partition coefficient (Wildman–Crippen LogP) is -0.683. The molecule has 2 fully saturated rings. The third kappa shape index (κ3) is 1.25. The Morgan fingerprint density at radius 2 is 2.44 bits per heavy atom. The lowest BCUT2D eigenvalue weighted by Crippen LogP contribution is -2.45. The van der Waals surface area contributed by atoms with Crippen molar-refractivity contribution in [1.29, 1.82) is 0 Å². The fraction of sp³-hybridized carbons (Fsp3) is 0.692. The number of hydrogen-bond acceptors (Lipinski definition) is 4. The summed E-state index contributed by atoms with van der Waals surface area (Å²) in [7, 11) is 0. The molecule has 0 aromatic heterocycles. The van der Waals surface area contributed by atoms with Gasteiger partial charge in [0.2, 0.25) is 5.91 Å². The van der Waals surface area contributed by atoms with Crippen LogP contribution in [-0.2, 0) is 14.3 Å². The van der Waals surface area contributed by atoms with Gasteiger partial charge in [-0.2, -0.15) is 0 Å². The molecule has 2 saturated heterocycles. The number of likely N-dealkylation sites (tertiary alicyclic amines) is 1. The molecule has 3 rings (SSSR count). The van der Waals surface area contributed by atoms with Crippen LogP contribution in [0.15, 0.2) is 12.2 Å². The Balaban J connectivity index is 1.97. The van der Waals surface area contributed by atoms with Crippen LogP contribution in [0.3, 0.4) is 0 Å². The zero-order chi connectivity index (χ0) is 13.1. The molecule has 2 bridgehead atoms. The first-order valence-corrected chi connectivity index (χ1v) is 6.38. The van der Waals surface area contributed by atoms with E-state index in [1.165, 1.54) is 0 Å². The van der Waals surface area contributed by atoms with E-state index in [0.717, 1.165) is 6.42 Å². The predicted molar refractivity (Wildman–Crippen MR) is 60.2 cm³/mol. The highest BCUT2D eigenvalue weighted by Gasteiger charge is 2.65. The smallest absolute Gasteiger partial charge is 0.230 e. The minimum Gasteiger partial charge on any atom is -0.550 e. The molecular weight excluding hydrogens is 234 g/mol. The molecule has 1 spiro atoms. The van der Waals surface area contributed by atoms with Gasteiger partial charge in [-0.3, -0.25) is 4.79 Å². The van der Waals surface area contributed by atoms with Crippen molar-refractivity contribution in [2.45, 2.75) is 38.0 Å². The summed E-state index contributed by atoms with van der Waals surface area (Å²) < 4.78 is 5.76. The van der Waals surface area contributed by atoms with E-state index >= 15 is 0 Å². The van der Waals surface area contributed by atoms with Gasteiger partial charge in [0.1, 0.15) is 5.60 Å². The second-order valence-electron chi connectivity index (χ2n) is 5.44. The Kier molecular flexibility index (Phi) is 2.32. The minimum absolute atomic E-state index is 0.106. The second kappa shape index (κ2) is 3.57. The van der Waals surface area contributed by atoms with Gasteiger partial charge in [0.25, 0.3) is 0 Å². The maximum Gasteiger partial charge on any atom is 0.230 e. The van der Waals surface area contributed by atoms with Crippen LogP contribution in [0.2, 0.25) is 0 Å². The van der Waals surface area contributed by atoms with Gasteiger partial charge in [0, 0.05) is 17.9 Å². The van der Waals surface area contributed by atoms with Crippen molar-refractivity contribution in [3.63, 3.8) is 0 Å². The largest absolute Gasteiger partial charge is 0.550 e. The number of carboxylic acids is 1. The molecular formula is C13H16NO4-. The number of amides is 1. The molecule has 3 aliphatic heterocycles. The first kappa shape index (κ1) is 11.7. The summed E-state index contributed by atoms with van der Waals surface area (Å²) in [6.45, 7) is 4.44. The van der Waals surface area contributed by atoms with Crippen LogP contribution >= 0.6 is 0 Å². The van der Waals surface area contributed by atoms with E-state index < -0.39 is 29.5 Å². The quantitative estimate of drug-likeness (QED) is 0.622. The van der Waals surface area contributed by atoms with Crippen LogP contribution in [0.1, 0.15) is 20.3 Å². The van der Waals surface area contributed by atoms with E-state index in [-0.39, 0.29) is 11.9 Å². The van der Waals surface area contributed by atoms with Gasteiger partial charge >= 0.3 is 0 Å². The number of fused-ring (bicyclic) bond motifs is 1. The number of carboxylic acid groups (broad SMARTS) is 1. The highest BCUT2D eigenvalue weighted by atomic mass is 16.5. The molecule has 0 aromatic carbocycles. The van der Waals surface area contributed by atoms with E-state index in [4.69, 9.17) is 4.74 Å².